The van der Waals surface area contributed by atoms with Crippen molar-refractivity contribution >= 4 is 11.9 Å². The minimum atomic E-state index is -0.455. The van der Waals surface area contributed by atoms with Crippen molar-refractivity contribution in [2.45, 2.75) is 13.8 Å². The first-order valence-electron chi connectivity index (χ1n) is 4.63. The molecule has 0 radical (unpaired) electrons. The Kier molecular flexibility index (Phi) is 12.4. The summed E-state index contributed by atoms with van der Waals surface area (Å²) in [6, 6.07) is 0. The Balaban J connectivity index is 0. The molecule has 0 heterocycles. The van der Waals surface area contributed by atoms with Gasteiger partial charge in [0.1, 0.15) is 13.2 Å². The van der Waals surface area contributed by atoms with Crippen LogP contribution in [0.4, 0.5) is 0 Å². The lowest BCUT2D eigenvalue weighted by atomic mass is 10.4. The van der Waals surface area contributed by atoms with Gasteiger partial charge in [-0.3, -0.25) is 4.79 Å². The quantitative estimate of drug-likeness (QED) is 0.498. The Labute approximate surface area is 94.5 Å². The average molecular weight is 234 g/mol. The maximum absolute atomic E-state index is 10.5. The summed E-state index contributed by atoms with van der Waals surface area (Å²) in [6.07, 6.45) is 0. The maximum atomic E-state index is 10.5. The van der Waals surface area contributed by atoms with Gasteiger partial charge in [-0.1, -0.05) is 6.58 Å². The molecule has 0 saturated carbocycles. The van der Waals surface area contributed by atoms with Crippen LogP contribution in [0.3, 0.4) is 0 Å². The molecule has 0 aliphatic heterocycles. The summed E-state index contributed by atoms with van der Waals surface area (Å²) in [5.41, 5.74) is 0.350. The summed E-state index contributed by atoms with van der Waals surface area (Å²) in [4.78, 5) is 20.3. The molecule has 0 aromatic carbocycles. The first-order chi connectivity index (χ1) is 7.45. The highest BCUT2D eigenvalue weighted by Crippen LogP contribution is 1.89. The molecule has 0 fully saturated rings. The Morgan fingerprint density at radius 1 is 1.06 bits per heavy atom. The third kappa shape index (κ3) is 15.1. The van der Waals surface area contributed by atoms with E-state index in [0.717, 1.165) is 0 Å². The summed E-state index contributed by atoms with van der Waals surface area (Å²) >= 11 is 0. The van der Waals surface area contributed by atoms with Crippen LogP contribution < -0.4 is 0 Å². The number of carbonyl (C=O) groups is 2. The zero-order valence-corrected chi connectivity index (χ0v) is 9.56. The van der Waals surface area contributed by atoms with E-state index in [4.69, 9.17) is 10.2 Å². The molecule has 0 amide bonds. The van der Waals surface area contributed by atoms with Crippen molar-refractivity contribution < 1.29 is 29.3 Å². The highest BCUT2D eigenvalue weighted by atomic mass is 16.5. The SMILES string of the molecule is C=C(C)C(=O)OCCO.CC(=O)OCCO. The van der Waals surface area contributed by atoms with Crippen LogP contribution in [0.25, 0.3) is 0 Å². The van der Waals surface area contributed by atoms with Crippen molar-refractivity contribution in [1.82, 2.24) is 0 Å². The monoisotopic (exact) mass is 234 g/mol. The van der Waals surface area contributed by atoms with Crippen molar-refractivity contribution in [3.8, 4) is 0 Å². The van der Waals surface area contributed by atoms with Gasteiger partial charge in [0.25, 0.3) is 0 Å². The van der Waals surface area contributed by atoms with Gasteiger partial charge in [-0.2, -0.15) is 0 Å². The summed E-state index contributed by atoms with van der Waals surface area (Å²) in [7, 11) is 0. The molecule has 0 aliphatic carbocycles. The van der Waals surface area contributed by atoms with E-state index in [1.165, 1.54) is 6.92 Å². The second kappa shape index (κ2) is 11.7. The molecule has 0 spiro atoms. The van der Waals surface area contributed by atoms with Gasteiger partial charge >= 0.3 is 11.9 Å². The molecule has 16 heavy (non-hydrogen) atoms. The smallest absolute Gasteiger partial charge is 0.333 e. The van der Waals surface area contributed by atoms with Gasteiger partial charge in [-0.25, -0.2) is 4.79 Å². The van der Waals surface area contributed by atoms with Crippen LogP contribution in [0.2, 0.25) is 0 Å². The van der Waals surface area contributed by atoms with E-state index in [-0.39, 0.29) is 32.4 Å². The molecule has 0 saturated heterocycles. The minimum absolute atomic E-state index is 0.0473. The standard InChI is InChI=1S/C6H10O3.C4H8O3/c1-5(2)6(8)9-4-3-7;1-4(6)7-3-2-5/h7H,1,3-4H2,2H3;5H,2-3H2,1H3. The molecule has 6 nitrogen and oxygen atoms in total. The number of ether oxygens (including phenoxy) is 2. The number of rotatable bonds is 5. The van der Waals surface area contributed by atoms with Gasteiger partial charge in [0.2, 0.25) is 0 Å². The van der Waals surface area contributed by atoms with Gasteiger partial charge in [-0.05, 0) is 6.92 Å². The van der Waals surface area contributed by atoms with Crippen LogP contribution in [0.5, 0.6) is 0 Å². The molecule has 0 aromatic rings. The molecule has 0 bridgehead atoms. The van der Waals surface area contributed by atoms with E-state index in [9.17, 15) is 9.59 Å². The maximum Gasteiger partial charge on any atom is 0.333 e. The van der Waals surface area contributed by atoms with E-state index in [2.05, 4.69) is 16.1 Å². The second-order valence-electron chi connectivity index (χ2n) is 2.70. The average Bonchev–Trinajstić information content (AvgIpc) is 2.23. The van der Waals surface area contributed by atoms with Crippen molar-refractivity contribution in [3.05, 3.63) is 12.2 Å². The highest BCUT2D eigenvalue weighted by Gasteiger charge is 1.99. The van der Waals surface area contributed by atoms with E-state index >= 15 is 0 Å². The normalized spacial score (nSPS) is 8.50. The number of aliphatic hydroxyl groups excluding tert-OH is 2. The van der Waals surface area contributed by atoms with Crippen LogP contribution in [0.1, 0.15) is 13.8 Å². The Morgan fingerprint density at radius 3 is 1.75 bits per heavy atom. The van der Waals surface area contributed by atoms with Crippen molar-refractivity contribution in [1.29, 1.82) is 0 Å². The summed E-state index contributed by atoms with van der Waals surface area (Å²) in [6.45, 7) is 6.12. The van der Waals surface area contributed by atoms with Gasteiger partial charge in [0, 0.05) is 12.5 Å². The second-order valence-corrected chi connectivity index (χ2v) is 2.70. The summed E-state index contributed by atoms with van der Waals surface area (Å²) < 4.78 is 8.77. The zero-order chi connectivity index (χ0) is 13.0. The fourth-order valence-electron chi connectivity index (χ4n) is 0.451. The van der Waals surface area contributed by atoms with Crippen molar-refractivity contribution in [2.24, 2.45) is 0 Å². The number of hydrogen-bond donors (Lipinski definition) is 2. The van der Waals surface area contributed by atoms with Crippen molar-refractivity contribution in [3.63, 3.8) is 0 Å². The molecule has 0 atom stereocenters. The molecule has 0 aliphatic rings. The lowest BCUT2D eigenvalue weighted by molar-refractivity contribution is -0.142. The van der Waals surface area contributed by atoms with E-state index in [1.807, 2.05) is 0 Å². The minimum Gasteiger partial charge on any atom is -0.463 e. The number of hydrogen-bond acceptors (Lipinski definition) is 6. The van der Waals surface area contributed by atoms with Gasteiger partial charge in [0.05, 0.1) is 13.2 Å². The largest absolute Gasteiger partial charge is 0.463 e. The van der Waals surface area contributed by atoms with Gasteiger partial charge < -0.3 is 19.7 Å². The van der Waals surface area contributed by atoms with Crippen LogP contribution in [0, 0.1) is 0 Å². The summed E-state index contributed by atoms with van der Waals surface area (Å²) in [5, 5.41) is 16.2. The Morgan fingerprint density at radius 2 is 1.50 bits per heavy atom. The third-order valence-corrected chi connectivity index (χ3v) is 1.07. The molecule has 0 unspecified atom stereocenters. The Hall–Kier alpha value is -1.40. The molecule has 94 valence electrons. The first kappa shape index (κ1) is 17.0. The van der Waals surface area contributed by atoms with Crippen LogP contribution >= 0.6 is 0 Å². The van der Waals surface area contributed by atoms with E-state index < -0.39 is 5.97 Å². The van der Waals surface area contributed by atoms with Gasteiger partial charge in [0.15, 0.2) is 0 Å². The van der Waals surface area contributed by atoms with E-state index in [1.54, 1.807) is 6.92 Å². The molecular weight excluding hydrogens is 216 g/mol. The molecule has 0 aromatic heterocycles. The van der Waals surface area contributed by atoms with Crippen LogP contribution in [0.15, 0.2) is 12.2 Å². The predicted molar refractivity (Wildman–Crippen MR) is 56.6 cm³/mol. The van der Waals surface area contributed by atoms with Gasteiger partial charge in [-0.15, -0.1) is 0 Å². The zero-order valence-electron chi connectivity index (χ0n) is 9.56. The van der Waals surface area contributed by atoms with E-state index in [0.29, 0.717) is 5.57 Å². The fourth-order valence-corrected chi connectivity index (χ4v) is 0.451. The molecule has 2 N–H and O–H groups in total. The van der Waals surface area contributed by atoms with Crippen LogP contribution in [-0.2, 0) is 19.1 Å². The molecule has 0 rings (SSSR count). The number of esters is 2. The third-order valence-electron chi connectivity index (χ3n) is 1.07. The highest BCUT2D eigenvalue weighted by molar-refractivity contribution is 5.86. The topological polar surface area (TPSA) is 93.1 Å². The number of aliphatic hydroxyl groups is 2. The lowest BCUT2D eigenvalue weighted by Gasteiger charge is -1.99. The number of carbonyl (C=O) groups excluding carboxylic acids is 2. The summed E-state index contributed by atoms with van der Waals surface area (Å²) in [5.74, 6) is -0.807. The Bertz CT molecular complexity index is 223. The van der Waals surface area contributed by atoms with Crippen molar-refractivity contribution in [2.75, 3.05) is 26.4 Å². The first-order valence-corrected chi connectivity index (χ1v) is 4.63. The molecular formula is C10H18O6. The lowest BCUT2D eigenvalue weighted by Crippen LogP contribution is -2.08. The predicted octanol–water partition coefficient (Wildman–Crippen LogP) is -0.360. The molecule has 6 heteroatoms. The van der Waals surface area contributed by atoms with Crippen LogP contribution in [-0.4, -0.2) is 48.6 Å². The fraction of sp³-hybridized carbons (Fsp3) is 0.600.